The van der Waals surface area contributed by atoms with Gasteiger partial charge in [-0.15, -0.1) is 0 Å². The van der Waals surface area contributed by atoms with Crippen LogP contribution in [0, 0.1) is 0 Å². The van der Waals surface area contributed by atoms with E-state index < -0.39 is 0 Å². The van der Waals surface area contributed by atoms with E-state index in [1.807, 2.05) is 72.8 Å². The van der Waals surface area contributed by atoms with Gasteiger partial charge in [0.05, 0.1) is 23.0 Å². The lowest BCUT2D eigenvalue weighted by molar-refractivity contribution is 0.0957. The van der Waals surface area contributed by atoms with Crippen LogP contribution in [0.25, 0.3) is 38.8 Å². The molecule has 2 aromatic heterocycles. The Labute approximate surface area is 202 Å². The van der Waals surface area contributed by atoms with Crippen LogP contribution in [-0.2, 0) is 0 Å². The fourth-order valence-electron chi connectivity index (χ4n) is 4.60. The summed E-state index contributed by atoms with van der Waals surface area (Å²) in [5.41, 5.74) is 9.35. The van der Waals surface area contributed by atoms with Crippen LogP contribution in [-0.4, -0.2) is 21.7 Å². The first-order valence-electron chi connectivity index (χ1n) is 11.4. The molecule has 5 heteroatoms. The number of hydrazone groups is 1. The van der Waals surface area contributed by atoms with Crippen molar-refractivity contribution in [3.05, 3.63) is 127 Å². The summed E-state index contributed by atoms with van der Waals surface area (Å²) < 4.78 is 2.24. The maximum absolute atomic E-state index is 12.9. The number of rotatable bonds is 5. The van der Waals surface area contributed by atoms with Crippen LogP contribution in [0.15, 0.2) is 120 Å². The number of benzene rings is 4. The van der Waals surface area contributed by atoms with Gasteiger partial charge in [-0.1, -0.05) is 84.9 Å². The third-order valence-corrected chi connectivity index (χ3v) is 6.17. The van der Waals surface area contributed by atoms with E-state index in [-0.39, 0.29) is 5.91 Å². The zero-order valence-corrected chi connectivity index (χ0v) is 18.8. The quantitative estimate of drug-likeness (QED) is 0.225. The second-order valence-corrected chi connectivity index (χ2v) is 8.26. The zero-order valence-electron chi connectivity index (χ0n) is 18.8. The summed E-state index contributed by atoms with van der Waals surface area (Å²) in [6, 6.07) is 36.5. The molecule has 2 heterocycles. The zero-order chi connectivity index (χ0) is 23.6. The van der Waals surface area contributed by atoms with Gasteiger partial charge in [-0.05, 0) is 29.8 Å². The molecule has 0 unspecified atom stereocenters. The van der Waals surface area contributed by atoms with Gasteiger partial charge >= 0.3 is 0 Å². The molecule has 4 aromatic carbocycles. The van der Waals surface area contributed by atoms with Crippen LogP contribution in [0.4, 0.5) is 0 Å². The third kappa shape index (κ3) is 3.69. The molecule has 0 bridgehead atoms. The highest BCUT2D eigenvalue weighted by Crippen LogP contribution is 2.35. The molecular formula is C30H22N4O. The van der Waals surface area contributed by atoms with Crippen molar-refractivity contribution in [1.82, 2.24) is 15.0 Å². The molecule has 35 heavy (non-hydrogen) atoms. The first-order valence-corrected chi connectivity index (χ1v) is 11.4. The molecule has 6 aromatic rings. The number of amides is 1. The van der Waals surface area contributed by atoms with Crippen molar-refractivity contribution in [3.8, 4) is 16.9 Å². The number of hydrogen-bond donors (Lipinski definition) is 2. The molecule has 0 fully saturated rings. The Hall–Kier alpha value is -4.90. The number of nitrogens with one attached hydrogen (secondary N) is 2. The molecule has 0 spiro atoms. The van der Waals surface area contributed by atoms with E-state index in [9.17, 15) is 4.79 Å². The molecule has 5 nitrogen and oxygen atoms in total. The topological polar surface area (TPSA) is 62.2 Å². The lowest BCUT2D eigenvalue weighted by Crippen LogP contribution is -2.17. The van der Waals surface area contributed by atoms with E-state index in [1.165, 1.54) is 0 Å². The number of fused-ring (bicyclic) bond motifs is 2. The molecule has 0 saturated carbocycles. The first kappa shape index (κ1) is 20.7. The van der Waals surface area contributed by atoms with Gasteiger partial charge < -0.3 is 9.55 Å². The normalized spacial score (nSPS) is 11.4. The third-order valence-electron chi connectivity index (χ3n) is 6.17. The monoisotopic (exact) mass is 454 g/mol. The highest BCUT2D eigenvalue weighted by atomic mass is 16.2. The van der Waals surface area contributed by atoms with E-state index in [2.05, 4.69) is 56.5 Å². The van der Waals surface area contributed by atoms with Gasteiger partial charge in [-0.3, -0.25) is 4.79 Å². The molecule has 0 saturated heterocycles. The Bertz CT molecular complexity index is 1680. The summed E-state index contributed by atoms with van der Waals surface area (Å²) in [5.74, 6) is -0.258. The SMILES string of the molecule is O=C(N/N=C/c1c(-c2ccccc2)n(-c2ccccc2)c2ccccc12)c1c[nH]c2ccccc12. The Kier molecular flexibility index (Phi) is 5.20. The maximum atomic E-state index is 12.9. The second-order valence-electron chi connectivity index (χ2n) is 8.26. The van der Waals surface area contributed by atoms with E-state index in [1.54, 1.807) is 12.4 Å². The molecule has 0 aliphatic heterocycles. The van der Waals surface area contributed by atoms with E-state index in [4.69, 9.17) is 0 Å². The number of aromatic nitrogens is 2. The molecule has 0 aliphatic carbocycles. The van der Waals surface area contributed by atoms with Crippen molar-refractivity contribution in [2.75, 3.05) is 0 Å². The molecule has 0 aliphatic rings. The standard InChI is InChI=1S/C30H22N4O/c35-30(26-19-31-27-17-9-7-15-23(26)27)33-32-20-25-24-16-8-10-18-28(24)34(22-13-5-2-6-14-22)29(25)21-11-3-1-4-12-21/h1-20,31H,(H,33,35)/b32-20+. The molecule has 1 amide bonds. The van der Waals surface area contributed by atoms with Crippen LogP contribution >= 0.6 is 0 Å². The Balaban J connectivity index is 1.46. The summed E-state index contributed by atoms with van der Waals surface area (Å²) in [4.78, 5) is 16.0. The van der Waals surface area contributed by atoms with Crippen LogP contribution in [0.2, 0.25) is 0 Å². The van der Waals surface area contributed by atoms with Gasteiger partial charge in [-0.25, -0.2) is 5.43 Å². The summed E-state index contributed by atoms with van der Waals surface area (Å²) in [6.45, 7) is 0. The fourth-order valence-corrected chi connectivity index (χ4v) is 4.60. The number of carbonyl (C=O) groups is 1. The van der Waals surface area contributed by atoms with Crippen molar-refractivity contribution in [2.45, 2.75) is 0 Å². The Morgan fingerprint density at radius 1 is 0.771 bits per heavy atom. The van der Waals surface area contributed by atoms with Gasteiger partial charge in [0.2, 0.25) is 0 Å². The smallest absolute Gasteiger partial charge is 0.273 e. The number of hydrogen-bond acceptors (Lipinski definition) is 2. The van der Waals surface area contributed by atoms with Gasteiger partial charge in [0, 0.05) is 33.7 Å². The highest BCUT2D eigenvalue weighted by Gasteiger charge is 2.19. The summed E-state index contributed by atoms with van der Waals surface area (Å²) >= 11 is 0. The van der Waals surface area contributed by atoms with Crippen LogP contribution < -0.4 is 5.43 Å². The first-order chi connectivity index (χ1) is 17.3. The van der Waals surface area contributed by atoms with E-state index in [0.29, 0.717) is 5.56 Å². The Morgan fingerprint density at radius 3 is 2.23 bits per heavy atom. The van der Waals surface area contributed by atoms with E-state index in [0.717, 1.165) is 44.3 Å². The molecular weight excluding hydrogens is 432 g/mol. The van der Waals surface area contributed by atoms with Crippen LogP contribution in [0.5, 0.6) is 0 Å². The second kappa shape index (κ2) is 8.80. The minimum atomic E-state index is -0.258. The molecule has 6 rings (SSSR count). The van der Waals surface area contributed by atoms with Crippen molar-refractivity contribution < 1.29 is 4.79 Å². The minimum Gasteiger partial charge on any atom is -0.360 e. The lowest BCUT2D eigenvalue weighted by atomic mass is 10.1. The molecule has 0 atom stereocenters. The highest BCUT2D eigenvalue weighted by molar-refractivity contribution is 6.09. The molecule has 0 radical (unpaired) electrons. The van der Waals surface area contributed by atoms with Crippen molar-refractivity contribution in [3.63, 3.8) is 0 Å². The van der Waals surface area contributed by atoms with Crippen molar-refractivity contribution in [2.24, 2.45) is 5.10 Å². The largest absolute Gasteiger partial charge is 0.360 e. The van der Waals surface area contributed by atoms with Crippen LogP contribution in [0.1, 0.15) is 15.9 Å². The lowest BCUT2D eigenvalue weighted by Gasteiger charge is -2.12. The minimum absolute atomic E-state index is 0.258. The number of para-hydroxylation sites is 3. The van der Waals surface area contributed by atoms with Crippen molar-refractivity contribution >= 4 is 33.9 Å². The number of aromatic amines is 1. The number of carbonyl (C=O) groups excluding carboxylic acids is 1. The number of H-pyrrole nitrogens is 1. The average molecular weight is 455 g/mol. The average Bonchev–Trinajstić information content (AvgIpc) is 3.49. The molecule has 168 valence electrons. The Morgan fingerprint density at radius 2 is 1.43 bits per heavy atom. The van der Waals surface area contributed by atoms with Gasteiger partial charge in [0.25, 0.3) is 5.91 Å². The van der Waals surface area contributed by atoms with Gasteiger partial charge in [0.1, 0.15) is 0 Å². The van der Waals surface area contributed by atoms with E-state index >= 15 is 0 Å². The van der Waals surface area contributed by atoms with Crippen molar-refractivity contribution in [1.29, 1.82) is 0 Å². The molecule has 2 N–H and O–H groups in total. The summed E-state index contributed by atoms with van der Waals surface area (Å²) in [7, 11) is 0. The van der Waals surface area contributed by atoms with Gasteiger partial charge in [-0.2, -0.15) is 5.10 Å². The summed E-state index contributed by atoms with van der Waals surface area (Å²) in [6.07, 6.45) is 3.46. The predicted molar refractivity (Wildman–Crippen MR) is 142 cm³/mol. The predicted octanol–water partition coefficient (Wildman–Crippen LogP) is 6.54. The van der Waals surface area contributed by atoms with Crippen LogP contribution in [0.3, 0.4) is 0 Å². The van der Waals surface area contributed by atoms with Gasteiger partial charge in [0.15, 0.2) is 0 Å². The fraction of sp³-hybridized carbons (Fsp3) is 0. The number of nitrogens with zero attached hydrogens (tertiary/aromatic N) is 2. The summed E-state index contributed by atoms with van der Waals surface area (Å²) in [5, 5.41) is 6.32. The maximum Gasteiger partial charge on any atom is 0.273 e.